The molecular formula is C14H18INO2. The Kier molecular flexibility index (Phi) is 3.84. The van der Waals surface area contributed by atoms with E-state index in [1.54, 1.807) is 0 Å². The monoisotopic (exact) mass is 359 g/mol. The molecule has 0 saturated heterocycles. The number of halogens is 1. The Hall–Kier alpha value is -0.780. The van der Waals surface area contributed by atoms with Gasteiger partial charge in [0, 0.05) is 15.5 Å². The molecule has 0 spiro atoms. The summed E-state index contributed by atoms with van der Waals surface area (Å²) in [4.78, 5) is 11.9. The van der Waals surface area contributed by atoms with Crippen LogP contribution in [0.3, 0.4) is 0 Å². The topological polar surface area (TPSA) is 38.3 Å². The van der Waals surface area contributed by atoms with Crippen LogP contribution in [0.1, 0.15) is 27.2 Å². The summed E-state index contributed by atoms with van der Waals surface area (Å²) in [6.45, 7) is 5.97. The molecule has 18 heavy (non-hydrogen) atoms. The van der Waals surface area contributed by atoms with Crippen molar-refractivity contribution in [2.24, 2.45) is 5.92 Å². The highest BCUT2D eigenvalue weighted by Crippen LogP contribution is 2.35. The Labute approximate surface area is 121 Å². The lowest BCUT2D eigenvalue weighted by Crippen LogP contribution is -2.42. The number of hydrogen-bond acceptors (Lipinski definition) is 2. The summed E-state index contributed by atoms with van der Waals surface area (Å²) in [6.07, 6.45) is 0.848. The molecule has 1 aromatic carbocycles. The fourth-order valence-electron chi connectivity index (χ4n) is 1.73. The van der Waals surface area contributed by atoms with E-state index in [9.17, 15) is 4.79 Å². The number of carbonyl (C=O) groups excluding carboxylic acids is 1. The molecule has 2 atom stereocenters. The second-order valence-electron chi connectivity index (χ2n) is 5.69. The van der Waals surface area contributed by atoms with Crippen molar-refractivity contribution >= 4 is 28.5 Å². The van der Waals surface area contributed by atoms with E-state index >= 15 is 0 Å². The van der Waals surface area contributed by atoms with Crippen LogP contribution < -0.4 is 10.1 Å². The summed E-state index contributed by atoms with van der Waals surface area (Å²) >= 11 is 2.26. The first-order valence-electron chi connectivity index (χ1n) is 6.09. The smallest absolute Gasteiger partial charge is 0.227 e. The van der Waals surface area contributed by atoms with Crippen molar-refractivity contribution < 1.29 is 9.53 Å². The van der Waals surface area contributed by atoms with Crippen molar-refractivity contribution in [1.82, 2.24) is 5.32 Å². The Morgan fingerprint density at radius 1 is 1.33 bits per heavy atom. The minimum absolute atomic E-state index is 0.00324. The molecule has 1 fully saturated rings. The molecule has 1 aromatic rings. The predicted molar refractivity (Wildman–Crippen MR) is 79.6 cm³/mol. The van der Waals surface area contributed by atoms with Gasteiger partial charge in [0.1, 0.15) is 11.9 Å². The van der Waals surface area contributed by atoms with Crippen molar-refractivity contribution in [3.05, 3.63) is 27.8 Å². The molecule has 0 heterocycles. The van der Waals surface area contributed by atoms with Gasteiger partial charge in [-0.1, -0.05) is 0 Å². The largest absolute Gasteiger partial charge is 0.490 e. The average Bonchev–Trinajstić information content (AvgIpc) is 2.98. The number of rotatable bonds is 3. The highest BCUT2D eigenvalue weighted by atomic mass is 127. The van der Waals surface area contributed by atoms with Gasteiger partial charge in [-0.2, -0.15) is 0 Å². The maximum atomic E-state index is 11.9. The fourth-order valence-corrected chi connectivity index (χ4v) is 2.09. The molecule has 4 heteroatoms. The second kappa shape index (κ2) is 5.07. The van der Waals surface area contributed by atoms with Crippen LogP contribution in [-0.2, 0) is 4.79 Å². The maximum absolute atomic E-state index is 11.9. The molecule has 1 amide bonds. The SMILES string of the molecule is CC(C)(C)NC(=O)[C@@H]1C[C@H]1Oc1ccc(I)cc1. The summed E-state index contributed by atoms with van der Waals surface area (Å²) < 4.78 is 6.94. The molecule has 0 aromatic heterocycles. The Morgan fingerprint density at radius 2 is 1.94 bits per heavy atom. The van der Waals surface area contributed by atoms with Gasteiger partial charge in [-0.15, -0.1) is 0 Å². The predicted octanol–water partition coefficient (Wildman–Crippen LogP) is 2.97. The molecule has 3 nitrogen and oxygen atoms in total. The first-order valence-corrected chi connectivity index (χ1v) is 7.17. The molecule has 1 aliphatic carbocycles. The van der Waals surface area contributed by atoms with Crippen LogP contribution in [0.5, 0.6) is 5.75 Å². The van der Waals surface area contributed by atoms with Gasteiger partial charge in [0.2, 0.25) is 5.91 Å². The van der Waals surface area contributed by atoms with Crippen molar-refractivity contribution in [2.75, 3.05) is 0 Å². The third kappa shape index (κ3) is 3.86. The molecular weight excluding hydrogens is 341 g/mol. The molecule has 98 valence electrons. The van der Waals surface area contributed by atoms with Gasteiger partial charge in [-0.3, -0.25) is 4.79 Å². The zero-order chi connectivity index (χ0) is 13.3. The summed E-state index contributed by atoms with van der Waals surface area (Å²) in [7, 11) is 0. The molecule has 2 rings (SSSR count). The molecule has 1 saturated carbocycles. The van der Waals surface area contributed by atoms with Crippen LogP contribution in [0.4, 0.5) is 0 Å². The van der Waals surface area contributed by atoms with Crippen LogP contribution in [-0.4, -0.2) is 17.6 Å². The highest BCUT2D eigenvalue weighted by molar-refractivity contribution is 14.1. The van der Waals surface area contributed by atoms with Crippen molar-refractivity contribution in [1.29, 1.82) is 0 Å². The Balaban J connectivity index is 1.85. The first-order chi connectivity index (χ1) is 8.35. The van der Waals surface area contributed by atoms with Crippen LogP contribution in [0.15, 0.2) is 24.3 Å². The van der Waals surface area contributed by atoms with Gasteiger partial charge >= 0.3 is 0 Å². The normalized spacial score (nSPS) is 22.4. The molecule has 0 aliphatic heterocycles. The third-order valence-electron chi connectivity index (χ3n) is 2.67. The van der Waals surface area contributed by atoms with E-state index in [2.05, 4.69) is 27.9 Å². The lowest BCUT2D eigenvalue weighted by atomic mass is 10.1. The molecule has 0 unspecified atom stereocenters. The Morgan fingerprint density at radius 3 is 2.50 bits per heavy atom. The number of nitrogens with one attached hydrogen (secondary N) is 1. The van der Waals surface area contributed by atoms with E-state index in [-0.39, 0.29) is 23.5 Å². The van der Waals surface area contributed by atoms with Crippen molar-refractivity contribution in [2.45, 2.75) is 38.8 Å². The number of hydrogen-bond donors (Lipinski definition) is 1. The molecule has 0 radical (unpaired) electrons. The number of benzene rings is 1. The van der Waals surface area contributed by atoms with E-state index in [1.807, 2.05) is 45.0 Å². The standard InChI is InChI=1S/C14H18INO2/c1-14(2,3)16-13(17)11-8-12(11)18-10-6-4-9(15)5-7-10/h4-7,11-12H,8H2,1-3H3,(H,16,17)/t11-,12-/m1/s1. The summed E-state index contributed by atoms with van der Waals surface area (Å²) in [5, 5.41) is 2.99. The first kappa shape index (κ1) is 13.6. The van der Waals surface area contributed by atoms with Gasteiger partial charge in [-0.05, 0) is 67.6 Å². The lowest BCUT2D eigenvalue weighted by molar-refractivity contribution is -0.124. The summed E-state index contributed by atoms with van der Waals surface area (Å²) in [6, 6.07) is 7.89. The van der Waals surface area contributed by atoms with Crippen LogP contribution in [0.25, 0.3) is 0 Å². The zero-order valence-electron chi connectivity index (χ0n) is 10.9. The fraction of sp³-hybridized carbons (Fsp3) is 0.500. The van der Waals surface area contributed by atoms with Crippen LogP contribution in [0.2, 0.25) is 0 Å². The summed E-state index contributed by atoms with van der Waals surface area (Å²) in [5.74, 6) is 0.938. The zero-order valence-corrected chi connectivity index (χ0v) is 13.0. The van der Waals surface area contributed by atoms with E-state index in [1.165, 1.54) is 3.57 Å². The van der Waals surface area contributed by atoms with Crippen LogP contribution >= 0.6 is 22.6 Å². The van der Waals surface area contributed by atoms with Gasteiger partial charge in [0.05, 0.1) is 5.92 Å². The number of amides is 1. The number of ether oxygens (including phenoxy) is 1. The van der Waals surface area contributed by atoms with E-state index in [4.69, 9.17) is 4.74 Å². The van der Waals surface area contributed by atoms with E-state index < -0.39 is 0 Å². The third-order valence-corrected chi connectivity index (χ3v) is 3.39. The van der Waals surface area contributed by atoms with E-state index in [0.29, 0.717) is 0 Å². The van der Waals surface area contributed by atoms with Gasteiger partial charge in [0.25, 0.3) is 0 Å². The molecule has 1 aliphatic rings. The average molecular weight is 359 g/mol. The minimum atomic E-state index is -0.174. The minimum Gasteiger partial charge on any atom is -0.490 e. The van der Waals surface area contributed by atoms with Gasteiger partial charge in [-0.25, -0.2) is 0 Å². The molecule has 1 N–H and O–H groups in total. The quantitative estimate of drug-likeness (QED) is 0.843. The lowest BCUT2D eigenvalue weighted by Gasteiger charge is -2.20. The molecule has 0 bridgehead atoms. The Bertz CT molecular complexity index is 436. The van der Waals surface area contributed by atoms with Gasteiger partial charge in [0.15, 0.2) is 0 Å². The highest BCUT2D eigenvalue weighted by Gasteiger charge is 2.46. The van der Waals surface area contributed by atoms with Crippen molar-refractivity contribution in [3.63, 3.8) is 0 Å². The van der Waals surface area contributed by atoms with E-state index in [0.717, 1.165) is 12.2 Å². The second-order valence-corrected chi connectivity index (χ2v) is 6.94. The van der Waals surface area contributed by atoms with Crippen molar-refractivity contribution in [3.8, 4) is 5.75 Å². The maximum Gasteiger partial charge on any atom is 0.227 e. The summed E-state index contributed by atoms with van der Waals surface area (Å²) in [5.41, 5.74) is -0.174. The van der Waals surface area contributed by atoms with Gasteiger partial charge < -0.3 is 10.1 Å². The van der Waals surface area contributed by atoms with Crippen LogP contribution in [0, 0.1) is 9.49 Å². The number of carbonyl (C=O) groups is 1.